The molecule has 0 fully saturated rings. The summed E-state index contributed by atoms with van der Waals surface area (Å²) in [6, 6.07) is 14.1. The molecule has 1 aromatic heterocycles. The van der Waals surface area contributed by atoms with E-state index in [9.17, 15) is 9.90 Å². The van der Waals surface area contributed by atoms with E-state index in [0.717, 1.165) is 16.5 Å². The molecule has 0 unspecified atom stereocenters. The summed E-state index contributed by atoms with van der Waals surface area (Å²) in [7, 11) is 0. The molecule has 5 nitrogen and oxygen atoms in total. The monoisotopic (exact) mass is 283 g/mol. The molecule has 3 N–H and O–H groups in total. The molecular formula is C16H13NO4. The normalized spacial score (nSPS) is 10.8. The highest BCUT2D eigenvalue weighted by molar-refractivity contribution is 5.97. The Morgan fingerprint density at radius 3 is 2.71 bits per heavy atom. The van der Waals surface area contributed by atoms with Crippen LogP contribution in [-0.4, -0.2) is 16.2 Å². The van der Waals surface area contributed by atoms with Gasteiger partial charge in [0.15, 0.2) is 0 Å². The summed E-state index contributed by atoms with van der Waals surface area (Å²) in [5.41, 5.74) is 4.15. The van der Waals surface area contributed by atoms with Gasteiger partial charge < -0.3 is 9.52 Å². The quantitative estimate of drug-likeness (QED) is 0.510. The molecule has 0 spiro atoms. The van der Waals surface area contributed by atoms with Crippen LogP contribution in [0.15, 0.2) is 52.9 Å². The third-order valence-electron chi connectivity index (χ3n) is 3.33. The zero-order chi connectivity index (χ0) is 14.8. The summed E-state index contributed by atoms with van der Waals surface area (Å²) in [5.74, 6) is 0.0478. The highest BCUT2D eigenvalue weighted by Gasteiger charge is 2.12. The molecule has 106 valence electrons. The van der Waals surface area contributed by atoms with E-state index in [2.05, 4.69) is 0 Å². The van der Waals surface area contributed by atoms with Crippen LogP contribution < -0.4 is 5.48 Å². The Morgan fingerprint density at radius 1 is 1.14 bits per heavy atom. The minimum Gasteiger partial charge on any atom is -0.456 e. The van der Waals surface area contributed by atoms with Crippen LogP contribution in [-0.2, 0) is 6.61 Å². The lowest BCUT2D eigenvalue weighted by molar-refractivity contribution is 0.0706. The first-order valence-electron chi connectivity index (χ1n) is 6.40. The van der Waals surface area contributed by atoms with Crippen molar-refractivity contribution >= 4 is 16.9 Å². The van der Waals surface area contributed by atoms with Crippen molar-refractivity contribution in [2.75, 3.05) is 0 Å². The molecule has 0 radical (unpaired) electrons. The van der Waals surface area contributed by atoms with Crippen molar-refractivity contribution in [3.05, 3.63) is 59.7 Å². The molecule has 3 aromatic rings. The highest BCUT2D eigenvalue weighted by Crippen LogP contribution is 2.30. The first-order chi connectivity index (χ1) is 10.2. The molecule has 0 aliphatic heterocycles. The molecule has 0 saturated heterocycles. The number of carbonyl (C=O) groups is 1. The number of aliphatic hydroxyl groups is 1. The van der Waals surface area contributed by atoms with Gasteiger partial charge in [-0.1, -0.05) is 24.3 Å². The Hall–Kier alpha value is -2.63. The fourth-order valence-electron chi connectivity index (χ4n) is 2.28. The first kappa shape index (κ1) is 13.4. The van der Waals surface area contributed by atoms with Gasteiger partial charge in [0, 0.05) is 16.5 Å². The number of fused-ring (bicyclic) bond motifs is 1. The molecule has 0 saturated carbocycles. The van der Waals surface area contributed by atoms with E-state index >= 15 is 0 Å². The van der Waals surface area contributed by atoms with Gasteiger partial charge in [0.25, 0.3) is 5.91 Å². The number of furan rings is 1. The second-order valence-electron chi connectivity index (χ2n) is 4.62. The van der Waals surface area contributed by atoms with Crippen LogP contribution in [0.4, 0.5) is 0 Å². The Morgan fingerprint density at radius 2 is 1.95 bits per heavy atom. The zero-order valence-electron chi connectivity index (χ0n) is 11.0. The van der Waals surface area contributed by atoms with E-state index in [1.165, 1.54) is 0 Å². The number of carbonyl (C=O) groups excluding carboxylic acids is 1. The molecule has 2 aromatic carbocycles. The fourth-order valence-corrected chi connectivity index (χ4v) is 2.28. The third kappa shape index (κ3) is 2.40. The number of hydrogen-bond donors (Lipinski definition) is 3. The summed E-state index contributed by atoms with van der Waals surface area (Å²) in [5, 5.41) is 18.8. The predicted octanol–water partition coefficient (Wildman–Crippen LogP) is 2.71. The number of amides is 1. The predicted molar refractivity (Wildman–Crippen MR) is 76.8 cm³/mol. The smallest absolute Gasteiger partial charge is 0.274 e. The van der Waals surface area contributed by atoms with Gasteiger partial charge in [0.05, 0.1) is 6.61 Å². The van der Waals surface area contributed by atoms with Crippen molar-refractivity contribution in [2.45, 2.75) is 6.61 Å². The molecule has 21 heavy (non-hydrogen) atoms. The Kier molecular flexibility index (Phi) is 3.43. The van der Waals surface area contributed by atoms with Gasteiger partial charge in [0.1, 0.15) is 11.3 Å². The van der Waals surface area contributed by atoms with Crippen LogP contribution >= 0.6 is 0 Å². The number of aliphatic hydroxyl groups excluding tert-OH is 1. The third-order valence-corrected chi connectivity index (χ3v) is 3.33. The number of benzene rings is 2. The zero-order valence-corrected chi connectivity index (χ0v) is 11.0. The van der Waals surface area contributed by atoms with Crippen LogP contribution in [0.5, 0.6) is 0 Å². The highest BCUT2D eigenvalue weighted by atomic mass is 16.5. The van der Waals surface area contributed by atoms with Crippen molar-refractivity contribution in [2.24, 2.45) is 0 Å². The Bertz CT molecular complexity index is 807. The van der Waals surface area contributed by atoms with E-state index in [1.807, 2.05) is 24.3 Å². The molecule has 0 aliphatic rings. The number of nitrogens with one attached hydrogen (secondary N) is 1. The average Bonchev–Trinajstić information content (AvgIpc) is 2.96. The molecule has 1 amide bonds. The summed E-state index contributed by atoms with van der Waals surface area (Å²) < 4.78 is 5.76. The van der Waals surface area contributed by atoms with Crippen molar-refractivity contribution in [3.63, 3.8) is 0 Å². The maximum absolute atomic E-state index is 11.4. The maximum atomic E-state index is 11.4. The summed E-state index contributed by atoms with van der Waals surface area (Å²) in [6.07, 6.45) is 0. The van der Waals surface area contributed by atoms with Crippen LogP contribution in [0.3, 0.4) is 0 Å². The summed E-state index contributed by atoms with van der Waals surface area (Å²) in [6.45, 7) is -0.0780. The molecule has 5 heteroatoms. The minimum absolute atomic E-state index is 0.0780. The Labute approximate surface area is 120 Å². The first-order valence-corrected chi connectivity index (χ1v) is 6.40. The van der Waals surface area contributed by atoms with Crippen molar-refractivity contribution < 1.29 is 19.5 Å². The molecular weight excluding hydrogens is 270 g/mol. The van der Waals surface area contributed by atoms with Crippen LogP contribution in [0.2, 0.25) is 0 Å². The second-order valence-corrected chi connectivity index (χ2v) is 4.62. The van der Waals surface area contributed by atoms with Crippen LogP contribution in [0.25, 0.3) is 22.3 Å². The number of hydroxylamine groups is 1. The van der Waals surface area contributed by atoms with Crippen molar-refractivity contribution in [1.82, 2.24) is 5.48 Å². The molecule has 0 bridgehead atoms. The van der Waals surface area contributed by atoms with E-state index in [-0.39, 0.29) is 6.61 Å². The second kappa shape index (κ2) is 5.40. The minimum atomic E-state index is -0.574. The van der Waals surface area contributed by atoms with E-state index < -0.39 is 5.91 Å². The van der Waals surface area contributed by atoms with Crippen LogP contribution in [0.1, 0.15) is 15.9 Å². The molecule has 3 rings (SSSR count). The maximum Gasteiger partial charge on any atom is 0.274 e. The fraction of sp³-hybridized carbons (Fsp3) is 0.0625. The van der Waals surface area contributed by atoms with Crippen molar-refractivity contribution in [1.29, 1.82) is 0 Å². The van der Waals surface area contributed by atoms with E-state index in [4.69, 9.17) is 9.62 Å². The van der Waals surface area contributed by atoms with Gasteiger partial charge in [-0.3, -0.25) is 10.0 Å². The summed E-state index contributed by atoms with van der Waals surface area (Å²) in [4.78, 5) is 11.4. The van der Waals surface area contributed by atoms with Gasteiger partial charge in [-0.25, -0.2) is 5.48 Å². The lowest BCUT2D eigenvalue weighted by Crippen LogP contribution is -2.18. The molecule has 1 heterocycles. The number of rotatable bonds is 3. The van der Waals surface area contributed by atoms with Crippen LogP contribution in [0, 0.1) is 0 Å². The SMILES string of the molecule is O=C(NO)c1ccc2oc(-c3ccccc3CO)cc2c1. The standard InChI is InChI=1S/C16H13NO4/c18-9-11-3-1-2-4-13(11)15-8-12-7-10(16(19)17-20)5-6-14(12)21-15/h1-8,18,20H,9H2,(H,17,19). The molecule has 0 aliphatic carbocycles. The average molecular weight is 283 g/mol. The van der Waals surface area contributed by atoms with Crippen molar-refractivity contribution in [3.8, 4) is 11.3 Å². The van der Waals surface area contributed by atoms with Gasteiger partial charge in [-0.05, 0) is 29.8 Å². The molecule has 0 atom stereocenters. The topological polar surface area (TPSA) is 82.7 Å². The lowest BCUT2D eigenvalue weighted by Gasteiger charge is -2.02. The van der Waals surface area contributed by atoms with Gasteiger partial charge in [-0.2, -0.15) is 0 Å². The largest absolute Gasteiger partial charge is 0.456 e. The number of hydrogen-bond acceptors (Lipinski definition) is 4. The van der Waals surface area contributed by atoms with E-state index in [1.54, 1.807) is 29.7 Å². The Balaban J connectivity index is 2.11. The van der Waals surface area contributed by atoms with Gasteiger partial charge in [0.2, 0.25) is 0 Å². The lowest BCUT2D eigenvalue weighted by atomic mass is 10.1. The van der Waals surface area contributed by atoms with Gasteiger partial charge >= 0.3 is 0 Å². The summed E-state index contributed by atoms with van der Waals surface area (Å²) >= 11 is 0. The van der Waals surface area contributed by atoms with Gasteiger partial charge in [-0.15, -0.1) is 0 Å². The van der Waals surface area contributed by atoms with E-state index in [0.29, 0.717) is 16.9 Å².